The van der Waals surface area contributed by atoms with Crippen LogP contribution in [-0.4, -0.2) is 76.0 Å². The van der Waals surface area contributed by atoms with E-state index in [1.807, 2.05) is 61.0 Å². The fraction of sp³-hybridized carbons (Fsp3) is 0.316. The van der Waals surface area contributed by atoms with E-state index in [0.717, 1.165) is 45.5 Å². The van der Waals surface area contributed by atoms with Gasteiger partial charge in [-0.05, 0) is 43.2 Å². The summed E-state index contributed by atoms with van der Waals surface area (Å²) in [5.74, 6) is 0.207. The molecule has 0 radical (unpaired) electrons. The number of ether oxygens (including phenoxy) is 2. The number of aryl methyl sites for hydroxylation is 1. The molecule has 13 heteroatoms. The van der Waals surface area contributed by atoms with Gasteiger partial charge in [0.05, 0.1) is 41.2 Å². The fourth-order valence-electron chi connectivity index (χ4n) is 6.40. The van der Waals surface area contributed by atoms with Gasteiger partial charge >= 0.3 is 6.09 Å². The van der Waals surface area contributed by atoms with Crippen molar-refractivity contribution >= 4 is 46.2 Å². The lowest BCUT2D eigenvalue weighted by Gasteiger charge is -2.23. The van der Waals surface area contributed by atoms with Crippen molar-refractivity contribution in [3.05, 3.63) is 88.0 Å². The summed E-state index contributed by atoms with van der Waals surface area (Å²) in [5.41, 5.74) is 6.78. The number of amides is 2. The zero-order valence-corrected chi connectivity index (χ0v) is 30.4. The summed E-state index contributed by atoms with van der Waals surface area (Å²) in [6.07, 6.45) is 2.09. The molecule has 4 heterocycles. The minimum absolute atomic E-state index is 0.0444. The molecule has 6 rings (SSSR count). The number of carboxylic acid groups (broad SMARTS) is 1. The van der Waals surface area contributed by atoms with Crippen LogP contribution in [0.25, 0.3) is 44.7 Å². The largest absolute Gasteiger partial charge is 0.481 e. The first-order valence-corrected chi connectivity index (χ1v) is 17.4. The van der Waals surface area contributed by atoms with Gasteiger partial charge in [-0.15, -0.1) is 0 Å². The molecular formula is C38H40Cl2N6O5. The number of carbonyl (C=O) groups is 2. The van der Waals surface area contributed by atoms with Crippen LogP contribution >= 0.6 is 23.2 Å². The number of pyridine rings is 2. The van der Waals surface area contributed by atoms with Crippen LogP contribution in [0.4, 0.5) is 4.79 Å². The van der Waals surface area contributed by atoms with Crippen molar-refractivity contribution in [2.75, 3.05) is 27.3 Å². The highest BCUT2D eigenvalue weighted by atomic mass is 35.5. The van der Waals surface area contributed by atoms with Crippen molar-refractivity contribution in [2.24, 2.45) is 7.05 Å². The Morgan fingerprint density at radius 2 is 1.65 bits per heavy atom. The number of aromatic nitrogens is 3. The number of methoxy groups -OCH3 is 2. The second-order valence-corrected chi connectivity index (χ2v) is 13.4. The summed E-state index contributed by atoms with van der Waals surface area (Å²) in [7, 11) is 5.18. The molecule has 1 fully saturated rings. The summed E-state index contributed by atoms with van der Waals surface area (Å²) >= 11 is 14.2. The van der Waals surface area contributed by atoms with Crippen molar-refractivity contribution in [2.45, 2.75) is 45.0 Å². The molecule has 51 heavy (non-hydrogen) atoms. The van der Waals surface area contributed by atoms with E-state index in [9.17, 15) is 14.7 Å². The average molecular weight is 732 g/mol. The number of rotatable bonds is 13. The van der Waals surface area contributed by atoms with E-state index in [4.69, 9.17) is 42.6 Å². The topological polar surface area (TPSA) is 131 Å². The van der Waals surface area contributed by atoms with Crippen LogP contribution in [0.3, 0.4) is 0 Å². The highest BCUT2D eigenvalue weighted by Crippen LogP contribution is 2.42. The van der Waals surface area contributed by atoms with Crippen LogP contribution in [0.15, 0.2) is 66.9 Å². The maximum Gasteiger partial charge on any atom is 0.407 e. The molecule has 1 aliphatic heterocycles. The Labute approximate surface area is 306 Å². The Hall–Kier alpha value is -4.68. The normalized spacial score (nSPS) is 14.9. The van der Waals surface area contributed by atoms with Gasteiger partial charge in [-0.3, -0.25) is 4.79 Å². The Kier molecular flexibility index (Phi) is 11.1. The van der Waals surface area contributed by atoms with E-state index in [1.54, 1.807) is 19.2 Å². The van der Waals surface area contributed by atoms with Crippen molar-refractivity contribution in [1.82, 2.24) is 30.1 Å². The third-order valence-corrected chi connectivity index (χ3v) is 10.00. The van der Waals surface area contributed by atoms with Crippen molar-refractivity contribution in [3.63, 3.8) is 0 Å². The van der Waals surface area contributed by atoms with Gasteiger partial charge < -0.3 is 34.7 Å². The van der Waals surface area contributed by atoms with Gasteiger partial charge in [0.1, 0.15) is 5.65 Å². The van der Waals surface area contributed by atoms with Gasteiger partial charge in [0.15, 0.2) is 0 Å². The average Bonchev–Trinajstić information content (AvgIpc) is 3.69. The molecule has 2 aromatic carbocycles. The van der Waals surface area contributed by atoms with Crippen LogP contribution in [0, 0.1) is 0 Å². The second-order valence-electron chi connectivity index (χ2n) is 12.7. The number of hydrogen-bond acceptors (Lipinski definition) is 7. The summed E-state index contributed by atoms with van der Waals surface area (Å²) in [6, 6.07) is 18.9. The highest BCUT2D eigenvalue weighted by molar-refractivity contribution is 6.39. The second kappa shape index (κ2) is 15.7. The monoisotopic (exact) mass is 730 g/mol. The van der Waals surface area contributed by atoms with Gasteiger partial charge in [-0.1, -0.05) is 59.6 Å². The summed E-state index contributed by atoms with van der Waals surface area (Å²) < 4.78 is 13.0. The van der Waals surface area contributed by atoms with Crippen LogP contribution in [0.5, 0.6) is 5.88 Å². The SMILES string of the molecule is COc1nc(-c2cccc(-c3cccc(-c4ccc5c(CNCC(C)OC)cn(C)c5n4)c3Cl)c2Cl)ccc1CN(C[C@@H]1CCC(=O)N1)C(=O)O. The van der Waals surface area contributed by atoms with Crippen LogP contribution < -0.4 is 15.4 Å². The predicted octanol–water partition coefficient (Wildman–Crippen LogP) is 7.17. The maximum absolute atomic E-state index is 12.1. The zero-order valence-electron chi connectivity index (χ0n) is 28.9. The van der Waals surface area contributed by atoms with Crippen molar-refractivity contribution in [1.29, 1.82) is 0 Å². The van der Waals surface area contributed by atoms with E-state index in [0.29, 0.717) is 46.3 Å². The lowest BCUT2D eigenvalue weighted by Crippen LogP contribution is -2.41. The van der Waals surface area contributed by atoms with E-state index < -0.39 is 6.09 Å². The number of nitrogens with one attached hydrogen (secondary N) is 2. The summed E-state index contributed by atoms with van der Waals surface area (Å²) in [6.45, 7) is 3.68. The first kappa shape index (κ1) is 36.1. The van der Waals surface area contributed by atoms with Crippen LogP contribution in [-0.2, 0) is 29.7 Å². The summed E-state index contributed by atoms with van der Waals surface area (Å²) in [4.78, 5) is 34.7. The third-order valence-electron chi connectivity index (χ3n) is 9.18. The summed E-state index contributed by atoms with van der Waals surface area (Å²) in [5, 5.41) is 18.2. The quantitative estimate of drug-likeness (QED) is 0.116. The lowest BCUT2D eigenvalue weighted by molar-refractivity contribution is -0.119. The molecule has 2 atom stereocenters. The molecule has 3 N–H and O–H groups in total. The molecule has 5 aromatic rings. The van der Waals surface area contributed by atoms with Gasteiger partial charge in [0.25, 0.3) is 0 Å². The van der Waals surface area contributed by atoms with Crippen LogP contribution in [0.2, 0.25) is 10.0 Å². The predicted molar refractivity (Wildman–Crippen MR) is 199 cm³/mol. The Morgan fingerprint density at radius 1 is 1.00 bits per heavy atom. The third kappa shape index (κ3) is 7.82. The molecule has 0 spiro atoms. The van der Waals surface area contributed by atoms with Gasteiger partial charge in [-0.2, -0.15) is 0 Å². The first-order valence-electron chi connectivity index (χ1n) is 16.7. The first-order chi connectivity index (χ1) is 24.6. The van der Waals surface area contributed by atoms with E-state index in [-0.39, 0.29) is 37.0 Å². The Balaban J connectivity index is 1.27. The molecule has 1 unspecified atom stereocenters. The Morgan fingerprint density at radius 3 is 2.25 bits per heavy atom. The minimum atomic E-state index is -1.10. The molecule has 3 aromatic heterocycles. The van der Waals surface area contributed by atoms with E-state index in [2.05, 4.69) is 22.9 Å². The molecule has 0 bridgehead atoms. The molecule has 1 aliphatic rings. The smallest absolute Gasteiger partial charge is 0.407 e. The van der Waals surface area contributed by atoms with Gasteiger partial charge in [-0.25, -0.2) is 14.8 Å². The zero-order chi connectivity index (χ0) is 36.2. The molecule has 11 nitrogen and oxygen atoms in total. The number of benzene rings is 2. The number of fused-ring (bicyclic) bond motifs is 1. The molecule has 266 valence electrons. The number of nitrogens with zero attached hydrogens (tertiary/aromatic N) is 4. The maximum atomic E-state index is 12.1. The lowest BCUT2D eigenvalue weighted by atomic mass is 9.98. The van der Waals surface area contributed by atoms with E-state index in [1.165, 1.54) is 12.0 Å². The Bertz CT molecular complexity index is 2090. The molecule has 0 aliphatic carbocycles. The van der Waals surface area contributed by atoms with E-state index >= 15 is 0 Å². The van der Waals surface area contributed by atoms with Crippen LogP contribution in [0.1, 0.15) is 30.9 Å². The fourth-order valence-corrected chi connectivity index (χ4v) is 7.05. The number of carbonyl (C=O) groups excluding carboxylic acids is 1. The number of halogens is 2. The molecule has 1 saturated heterocycles. The molecular weight excluding hydrogens is 691 g/mol. The highest BCUT2D eigenvalue weighted by Gasteiger charge is 2.26. The van der Waals surface area contributed by atoms with Crippen molar-refractivity contribution < 1.29 is 24.2 Å². The van der Waals surface area contributed by atoms with Crippen molar-refractivity contribution in [3.8, 4) is 39.5 Å². The molecule has 2 amide bonds. The molecule has 0 saturated carbocycles. The van der Waals surface area contributed by atoms with Gasteiger partial charge in [0.2, 0.25) is 11.8 Å². The standard InChI is InChI=1S/C38H40Cl2N6O5/c1-22(50-3)17-41-18-24-19-45(2)36-26(24)13-15-31(43-36)29-9-5-7-27(34(29)39)28-8-6-10-30(35(28)40)32-14-11-23(37(44-32)51-4)20-46(38(48)49)21-25-12-16-33(47)42-25/h5-11,13-15,19,22,25,41H,12,16-18,20-21H2,1-4H3,(H,42,47)(H,48,49)/t22?,25-/m0/s1. The van der Waals surface area contributed by atoms with Gasteiger partial charge in [0, 0.05) is 85.7 Å². The number of hydrogen-bond donors (Lipinski definition) is 3. The minimum Gasteiger partial charge on any atom is -0.481 e.